The van der Waals surface area contributed by atoms with Gasteiger partial charge in [0.1, 0.15) is 6.61 Å². The van der Waals surface area contributed by atoms with Crippen molar-refractivity contribution in [2.24, 2.45) is 0 Å². The number of halogens is 3. The summed E-state index contributed by atoms with van der Waals surface area (Å²) >= 11 is 0. The van der Waals surface area contributed by atoms with E-state index >= 15 is 0 Å². The second-order valence-corrected chi connectivity index (χ2v) is 6.66. The lowest BCUT2D eigenvalue weighted by Gasteiger charge is -2.18. The predicted octanol–water partition coefficient (Wildman–Crippen LogP) is 4.49. The van der Waals surface area contributed by atoms with Crippen molar-refractivity contribution in [3.63, 3.8) is 0 Å². The molecular formula is C22H20F3NO3. The second kappa shape index (κ2) is 8.53. The monoisotopic (exact) mass is 403 g/mol. The second-order valence-electron chi connectivity index (χ2n) is 6.66. The van der Waals surface area contributed by atoms with Crippen molar-refractivity contribution in [2.45, 2.75) is 32.4 Å². The van der Waals surface area contributed by atoms with Crippen molar-refractivity contribution in [2.75, 3.05) is 0 Å². The van der Waals surface area contributed by atoms with Crippen LogP contribution in [0, 0.1) is 6.92 Å². The molecule has 7 heteroatoms. The maximum Gasteiger partial charge on any atom is 0.416 e. The number of hydrogen-bond acceptors (Lipinski definition) is 3. The van der Waals surface area contributed by atoms with E-state index in [1.807, 2.05) is 30.3 Å². The highest BCUT2D eigenvalue weighted by molar-refractivity contribution is 5.29. The lowest BCUT2D eigenvalue weighted by atomic mass is 10.1. The molecule has 1 atom stereocenters. The zero-order valence-corrected chi connectivity index (χ0v) is 15.7. The zero-order valence-electron chi connectivity index (χ0n) is 15.7. The Hall–Kier alpha value is -3.06. The summed E-state index contributed by atoms with van der Waals surface area (Å²) in [5.41, 5.74) is 0.733. The Labute approximate surface area is 165 Å². The summed E-state index contributed by atoms with van der Waals surface area (Å²) in [5, 5.41) is 10.4. The maximum absolute atomic E-state index is 12.7. The van der Waals surface area contributed by atoms with E-state index < -0.39 is 17.8 Å². The molecule has 3 aromatic rings. The zero-order chi connectivity index (χ0) is 21.0. The van der Waals surface area contributed by atoms with Gasteiger partial charge in [0.25, 0.3) is 0 Å². The average Bonchev–Trinajstić information content (AvgIpc) is 2.70. The number of aliphatic hydroxyl groups excluding tert-OH is 1. The Kier molecular flexibility index (Phi) is 6.08. The number of aliphatic hydroxyl groups is 1. The van der Waals surface area contributed by atoms with Gasteiger partial charge in [0.15, 0.2) is 5.75 Å². The summed E-state index contributed by atoms with van der Waals surface area (Å²) in [4.78, 5) is 12.2. The third kappa shape index (κ3) is 5.06. The third-order valence-electron chi connectivity index (χ3n) is 4.61. The number of hydrogen-bond donors (Lipinski definition) is 1. The molecule has 1 aromatic heterocycles. The largest absolute Gasteiger partial charge is 0.483 e. The van der Waals surface area contributed by atoms with Crippen LogP contribution in [-0.2, 0) is 19.3 Å². The highest BCUT2D eigenvalue weighted by atomic mass is 19.4. The summed E-state index contributed by atoms with van der Waals surface area (Å²) in [6.07, 6.45) is -3.94. The van der Waals surface area contributed by atoms with Crippen LogP contribution < -0.4 is 10.2 Å². The Morgan fingerprint density at radius 2 is 1.69 bits per heavy atom. The van der Waals surface area contributed by atoms with E-state index in [0.29, 0.717) is 11.3 Å². The predicted molar refractivity (Wildman–Crippen MR) is 103 cm³/mol. The van der Waals surface area contributed by atoms with E-state index in [0.717, 1.165) is 17.7 Å². The molecule has 0 aliphatic carbocycles. The van der Waals surface area contributed by atoms with Gasteiger partial charge < -0.3 is 14.4 Å². The molecule has 4 nitrogen and oxygen atoms in total. The van der Waals surface area contributed by atoms with E-state index in [1.54, 1.807) is 11.5 Å². The molecule has 0 fully saturated rings. The van der Waals surface area contributed by atoms with E-state index in [4.69, 9.17) is 4.74 Å². The van der Waals surface area contributed by atoms with Gasteiger partial charge in [0.05, 0.1) is 23.9 Å². The summed E-state index contributed by atoms with van der Waals surface area (Å²) in [6, 6.07) is 15.1. The molecule has 0 aliphatic rings. The number of nitrogens with zero attached hydrogens (tertiary/aromatic N) is 1. The van der Waals surface area contributed by atoms with Crippen molar-refractivity contribution in [1.82, 2.24) is 4.57 Å². The molecule has 152 valence electrons. The topological polar surface area (TPSA) is 51.5 Å². The summed E-state index contributed by atoms with van der Waals surface area (Å²) in [5.74, 6) is 0.177. The first-order chi connectivity index (χ1) is 13.8. The molecule has 0 bridgehead atoms. The maximum atomic E-state index is 12.7. The Bertz CT molecular complexity index is 1010. The quantitative estimate of drug-likeness (QED) is 0.660. The molecule has 29 heavy (non-hydrogen) atoms. The standard InChI is InChI=1S/C22H20F3NO3/c1-15-21(29-14-16-5-3-2-4-6-16)19(27)11-12-26(15)13-20(28)17-7-9-18(10-8-17)22(23,24)25/h2-12,20,28H,13-14H2,1H3/t20-/m1/s1. The van der Waals surface area contributed by atoms with Crippen LogP contribution in [0.15, 0.2) is 71.7 Å². The van der Waals surface area contributed by atoms with Crippen molar-refractivity contribution >= 4 is 0 Å². The molecule has 2 aromatic carbocycles. The van der Waals surface area contributed by atoms with Gasteiger partial charge in [-0.3, -0.25) is 4.79 Å². The third-order valence-corrected chi connectivity index (χ3v) is 4.61. The molecule has 0 saturated carbocycles. The van der Waals surface area contributed by atoms with Crippen molar-refractivity contribution in [1.29, 1.82) is 0 Å². The van der Waals surface area contributed by atoms with Crippen LogP contribution in [0.2, 0.25) is 0 Å². The molecule has 0 saturated heterocycles. The highest BCUT2D eigenvalue weighted by Crippen LogP contribution is 2.30. The van der Waals surface area contributed by atoms with Crippen LogP contribution in [0.1, 0.15) is 28.5 Å². The number of alkyl halides is 3. The van der Waals surface area contributed by atoms with Gasteiger partial charge in [-0.2, -0.15) is 13.2 Å². The lowest BCUT2D eigenvalue weighted by Crippen LogP contribution is -2.17. The summed E-state index contributed by atoms with van der Waals surface area (Å²) in [7, 11) is 0. The minimum Gasteiger partial charge on any atom is -0.483 e. The van der Waals surface area contributed by atoms with E-state index in [1.165, 1.54) is 24.4 Å². The van der Waals surface area contributed by atoms with E-state index in [-0.39, 0.29) is 24.3 Å². The summed E-state index contributed by atoms with van der Waals surface area (Å²) < 4.78 is 45.4. The van der Waals surface area contributed by atoms with E-state index in [9.17, 15) is 23.1 Å². The SMILES string of the molecule is Cc1c(OCc2ccccc2)c(=O)ccn1C[C@@H](O)c1ccc(C(F)(F)F)cc1. The molecular weight excluding hydrogens is 383 g/mol. The Morgan fingerprint density at radius 3 is 2.31 bits per heavy atom. The minimum absolute atomic E-state index is 0.0686. The normalized spacial score (nSPS) is 12.6. The molecule has 0 unspecified atom stereocenters. The minimum atomic E-state index is -4.43. The number of pyridine rings is 1. The Balaban J connectivity index is 1.76. The molecule has 1 N–H and O–H groups in total. The van der Waals surface area contributed by atoms with E-state index in [2.05, 4.69) is 0 Å². The summed E-state index contributed by atoms with van der Waals surface area (Å²) in [6.45, 7) is 1.99. The first kappa shape index (κ1) is 20.7. The number of ether oxygens (including phenoxy) is 1. The van der Waals surface area contributed by atoms with Gasteiger partial charge in [-0.1, -0.05) is 42.5 Å². The van der Waals surface area contributed by atoms with Crippen LogP contribution in [0.5, 0.6) is 5.75 Å². The van der Waals surface area contributed by atoms with Crippen LogP contribution in [0.3, 0.4) is 0 Å². The highest BCUT2D eigenvalue weighted by Gasteiger charge is 2.30. The molecule has 0 radical (unpaired) electrons. The first-order valence-electron chi connectivity index (χ1n) is 8.97. The lowest BCUT2D eigenvalue weighted by molar-refractivity contribution is -0.137. The number of aromatic nitrogens is 1. The van der Waals surface area contributed by atoms with Gasteiger partial charge >= 0.3 is 6.18 Å². The molecule has 3 rings (SSSR count). The van der Waals surface area contributed by atoms with Crippen molar-refractivity contribution in [3.05, 3.63) is 99.5 Å². The van der Waals surface area contributed by atoms with Gasteiger partial charge in [-0.05, 0) is 30.2 Å². The number of benzene rings is 2. The fourth-order valence-electron chi connectivity index (χ4n) is 2.94. The smallest absolute Gasteiger partial charge is 0.416 e. The molecule has 0 spiro atoms. The van der Waals surface area contributed by atoms with Crippen LogP contribution in [-0.4, -0.2) is 9.67 Å². The van der Waals surface area contributed by atoms with Crippen molar-refractivity contribution in [3.8, 4) is 5.75 Å². The fourth-order valence-corrected chi connectivity index (χ4v) is 2.94. The molecule has 0 aliphatic heterocycles. The van der Waals surface area contributed by atoms with Crippen LogP contribution in [0.4, 0.5) is 13.2 Å². The van der Waals surface area contributed by atoms with Gasteiger partial charge in [-0.25, -0.2) is 0 Å². The van der Waals surface area contributed by atoms with Gasteiger partial charge in [0, 0.05) is 12.3 Å². The van der Waals surface area contributed by atoms with Gasteiger partial charge in [0.2, 0.25) is 5.43 Å². The van der Waals surface area contributed by atoms with Crippen molar-refractivity contribution < 1.29 is 23.0 Å². The van der Waals surface area contributed by atoms with Gasteiger partial charge in [-0.15, -0.1) is 0 Å². The Morgan fingerprint density at radius 1 is 1.03 bits per heavy atom. The first-order valence-corrected chi connectivity index (χ1v) is 8.97. The average molecular weight is 403 g/mol. The molecule has 1 heterocycles. The molecule has 0 amide bonds. The van der Waals surface area contributed by atoms with Crippen LogP contribution >= 0.6 is 0 Å². The fraction of sp³-hybridized carbons (Fsp3) is 0.227. The number of rotatable bonds is 6. The van der Waals surface area contributed by atoms with Crippen LogP contribution in [0.25, 0.3) is 0 Å².